The van der Waals surface area contributed by atoms with Crippen LogP contribution in [0.15, 0.2) is 29.8 Å². The second-order valence-corrected chi connectivity index (χ2v) is 6.91. The minimum absolute atomic E-state index is 0.0822. The lowest BCUT2D eigenvalue weighted by atomic mass is 9.92. The van der Waals surface area contributed by atoms with Crippen molar-refractivity contribution in [3.05, 3.63) is 41.0 Å². The number of phenols is 1. The standard InChI is InChI=1S/C23H26O8/c1-26-18-11-14(8-17(24)21(18)29-4)7-16-15(12-31-23(16)25)6-13-9-19(27-2)22(30-5)20(10-13)28-3/h7-11,15,24H,6,12H2,1-5H3/b16-7+/t15-/m1/s1. The predicted octanol–water partition coefficient (Wildman–Crippen LogP) is 3.23. The first-order valence-corrected chi connectivity index (χ1v) is 9.58. The Kier molecular flexibility index (Phi) is 6.79. The molecule has 2 aromatic carbocycles. The molecule has 1 aliphatic rings. The fourth-order valence-electron chi connectivity index (χ4n) is 3.63. The summed E-state index contributed by atoms with van der Waals surface area (Å²) in [6, 6.07) is 6.90. The topological polar surface area (TPSA) is 92.7 Å². The van der Waals surface area contributed by atoms with Crippen LogP contribution in [0.5, 0.6) is 34.5 Å². The third-order valence-electron chi connectivity index (χ3n) is 5.10. The van der Waals surface area contributed by atoms with Crippen molar-refractivity contribution in [2.75, 3.05) is 42.2 Å². The van der Waals surface area contributed by atoms with Crippen LogP contribution in [0.4, 0.5) is 0 Å². The summed E-state index contributed by atoms with van der Waals surface area (Å²) in [6.07, 6.45) is 2.22. The Morgan fingerprint density at radius 3 is 2.03 bits per heavy atom. The summed E-state index contributed by atoms with van der Waals surface area (Å²) in [7, 11) is 7.57. The molecule has 0 aromatic heterocycles. The number of carbonyl (C=O) groups is 1. The number of aromatic hydroxyl groups is 1. The molecule has 1 saturated heterocycles. The maximum atomic E-state index is 12.4. The van der Waals surface area contributed by atoms with Crippen LogP contribution in [0.25, 0.3) is 6.08 Å². The molecule has 0 saturated carbocycles. The van der Waals surface area contributed by atoms with Crippen molar-refractivity contribution < 1.29 is 38.3 Å². The molecule has 1 aliphatic heterocycles. The number of rotatable bonds is 8. The smallest absolute Gasteiger partial charge is 0.334 e. The van der Waals surface area contributed by atoms with Crippen molar-refractivity contribution >= 4 is 12.0 Å². The summed E-state index contributed by atoms with van der Waals surface area (Å²) in [4.78, 5) is 12.4. The molecular weight excluding hydrogens is 404 g/mol. The van der Waals surface area contributed by atoms with E-state index in [1.54, 1.807) is 33.5 Å². The number of hydrogen-bond donors (Lipinski definition) is 1. The lowest BCUT2D eigenvalue weighted by molar-refractivity contribution is -0.135. The fraction of sp³-hybridized carbons (Fsp3) is 0.348. The van der Waals surface area contributed by atoms with Crippen LogP contribution >= 0.6 is 0 Å². The molecule has 0 amide bonds. The Bertz CT molecular complexity index is 970. The van der Waals surface area contributed by atoms with E-state index in [1.165, 1.54) is 20.3 Å². The number of cyclic esters (lactones) is 1. The molecule has 1 atom stereocenters. The summed E-state index contributed by atoms with van der Waals surface area (Å²) < 4.78 is 31.9. The van der Waals surface area contributed by atoms with E-state index < -0.39 is 5.97 Å². The van der Waals surface area contributed by atoms with Gasteiger partial charge in [0.2, 0.25) is 11.5 Å². The van der Waals surface area contributed by atoms with Gasteiger partial charge in [0, 0.05) is 11.5 Å². The van der Waals surface area contributed by atoms with Gasteiger partial charge < -0.3 is 33.5 Å². The van der Waals surface area contributed by atoms with E-state index in [-0.39, 0.29) is 24.0 Å². The van der Waals surface area contributed by atoms with Gasteiger partial charge in [0.15, 0.2) is 23.0 Å². The summed E-state index contributed by atoms with van der Waals surface area (Å²) >= 11 is 0. The van der Waals surface area contributed by atoms with E-state index >= 15 is 0 Å². The Morgan fingerprint density at radius 2 is 1.48 bits per heavy atom. The van der Waals surface area contributed by atoms with E-state index in [2.05, 4.69) is 0 Å². The van der Waals surface area contributed by atoms with Crippen LogP contribution in [0.3, 0.4) is 0 Å². The third kappa shape index (κ3) is 4.47. The molecular formula is C23H26O8. The highest BCUT2D eigenvalue weighted by atomic mass is 16.5. The SMILES string of the molecule is COc1cc(/C=C2/C(=O)OC[C@H]2Cc2cc(OC)c(OC)c(OC)c2)cc(O)c1OC. The minimum Gasteiger partial charge on any atom is -0.504 e. The molecule has 0 spiro atoms. The molecule has 31 heavy (non-hydrogen) atoms. The lowest BCUT2D eigenvalue weighted by Gasteiger charge is -2.16. The van der Waals surface area contributed by atoms with Crippen molar-refractivity contribution in [1.29, 1.82) is 0 Å². The maximum absolute atomic E-state index is 12.4. The second-order valence-electron chi connectivity index (χ2n) is 6.91. The van der Waals surface area contributed by atoms with Crippen molar-refractivity contribution in [3.8, 4) is 34.5 Å². The molecule has 0 aliphatic carbocycles. The van der Waals surface area contributed by atoms with Gasteiger partial charge in [0.05, 0.1) is 42.2 Å². The first-order valence-electron chi connectivity index (χ1n) is 9.58. The Hall–Kier alpha value is -3.55. The molecule has 1 fully saturated rings. The van der Waals surface area contributed by atoms with Gasteiger partial charge in [-0.05, 0) is 47.9 Å². The second kappa shape index (κ2) is 9.51. The lowest BCUT2D eigenvalue weighted by Crippen LogP contribution is -2.08. The number of methoxy groups -OCH3 is 5. The minimum atomic E-state index is -0.397. The van der Waals surface area contributed by atoms with Gasteiger partial charge >= 0.3 is 5.97 Å². The van der Waals surface area contributed by atoms with Crippen LogP contribution in [0.2, 0.25) is 0 Å². The van der Waals surface area contributed by atoms with E-state index in [0.29, 0.717) is 40.6 Å². The van der Waals surface area contributed by atoms with Gasteiger partial charge in [-0.1, -0.05) is 0 Å². The van der Waals surface area contributed by atoms with Gasteiger partial charge in [-0.25, -0.2) is 4.79 Å². The van der Waals surface area contributed by atoms with E-state index in [4.69, 9.17) is 28.4 Å². The maximum Gasteiger partial charge on any atom is 0.334 e. The summed E-state index contributed by atoms with van der Waals surface area (Å²) in [5, 5.41) is 10.2. The van der Waals surface area contributed by atoms with Crippen molar-refractivity contribution in [1.82, 2.24) is 0 Å². The van der Waals surface area contributed by atoms with Crippen LogP contribution in [0.1, 0.15) is 11.1 Å². The molecule has 8 heteroatoms. The van der Waals surface area contributed by atoms with Gasteiger partial charge in [-0.2, -0.15) is 0 Å². The van der Waals surface area contributed by atoms with Crippen LogP contribution in [-0.2, 0) is 16.0 Å². The molecule has 8 nitrogen and oxygen atoms in total. The normalized spacial score (nSPS) is 16.7. The number of ether oxygens (including phenoxy) is 6. The Labute approximate surface area is 180 Å². The molecule has 0 unspecified atom stereocenters. The fourth-order valence-corrected chi connectivity index (χ4v) is 3.63. The number of carbonyl (C=O) groups excluding carboxylic acids is 1. The molecule has 1 N–H and O–H groups in total. The summed E-state index contributed by atoms with van der Waals surface area (Å²) in [5.41, 5.74) is 2.00. The molecule has 1 heterocycles. The van der Waals surface area contributed by atoms with Crippen LogP contribution in [-0.4, -0.2) is 53.2 Å². The Morgan fingerprint density at radius 1 is 0.903 bits per heavy atom. The van der Waals surface area contributed by atoms with Crippen LogP contribution in [0, 0.1) is 5.92 Å². The summed E-state index contributed by atoms with van der Waals surface area (Å²) in [5.74, 6) is 1.51. The number of esters is 1. The molecule has 2 aromatic rings. The zero-order chi connectivity index (χ0) is 22.5. The van der Waals surface area contributed by atoms with Crippen molar-refractivity contribution in [2.45, 2.75) is 6.42 Å². The average molecular weight is 430 g/mol. The number of phenolic OH excluding ortho intramolecular Hbond substituents is 1. The Balaban J connectivity index is 1.95. The van der Waals surface area contributed by atoms with Crippen molar-refractivity contribution in [2.24, 2.45) is 5.92 Å². The average Bonchev–Trinajstić information content (AvgIpc) is 3.11. The zero-order valence-corrected chi connectivity index (χ0v) is 18.2. The molecule has 0 radical (unpaired) electrons. The first-order chi connectivity index (χ1) is 14.9. The quantitative estimate of drug-likeness (QED) is 0.504. The summed E-state index contributed by atoms with van der Waals surface area (Å²) in [6.45, 7) is 0.251. The van der Waals surface area contributed by atoms with E-state index in [1.807, 2.05) is 12.1 Å². The largest absolute Gasteiger partial charge is 0.504 e. The van der Waals surface area contributed by atoms with E-state index in [9.17, 15) is 9.90 Å². The monoisotopic (exact) mass is 430 g/mol. The van der Waals surface area contributed by atoms with Crippen molar-refractivity contribution in [3.63, 3.8) is 0 Å². The highest BCUT2D eigenvalue weighted by molar-refractivity contribution is 5.96. The number of benzene rings is 2. The van der Waals surface area contributed by atoms with Gasteiger partial charge in [0.25, 0.3) is 0 Å². The van der Waals surface area contributed by atoms with Gasteiger partial charge in [0.1, 0.15) is 0 Å². The third-order valence-corrected chi connectivity index (χ3v) is 5.10. The van der Waals surface area contributed by atoms with Crippen LogP contribution < -0.4 is 23.7 Å². The number of hydrogen-bond acceptors (Lipinski definition) is 8. The highest BCUT2D eigenvalue weighted by Crippen LogP contribution is 2.41. The molecule has 0 bridgehead atoms. The molecule has 3 rings (SSSR count). The molecule has 166 valence electrons. The highest BCUT2D eigenvalue weighted by Gasteiger charge is 2.31. The van der Waals surface area contributed by atoms with Gasteiger partial charge in [-0.3, -0.25) is 0 Å². The zero-order valence-electron chi connectivity index (χ0n) is 18.2. The first kappa shape index (κ1) is 22.1. The predicted molar refractivity (Wildman–Crippen MR) is 113 cm³/mol. The van der Waals surface area contributed by atoms with Gasteiger partial charge in [-0.15, -0.1) is 0 Å². The van der Waals surface area contributed by atoms with E-state index in [0.717, 1.165) is 5.56 Å².